The maximum Gasteiger partial charge on any atom is 0.227 e. The van der Waals surface area contributed by atoms with Gasteiger partial charge in [0.15, 0.2) is 0 Å². The highest BCUT2D eigenvalue weighted by molar-refractivity contribution is 5.94. The van der Waals surface area contributed by atoms with E-state index in [4.69, 9.17) is 0 Å². The summed E-state index contributed by atoms with van der Waals surface area (Å²) in [5.41, 5.74) is 2.12. The molecule has 0 spiro atoms. The van der Waals surface area contributed by atoms with Gasteiger partial charge in [0.1, 0.15) is 0 Å². The fourth-order valence-electron chi connectivity index (χ4n) is 2.04. The molecule has 0 aromatic heterocycles. The zero-order valence-electron chi connectivity index (χ0n) is 11.2. The molecule has 2 N–H and O–H groups in total. The van der Waals surface area contributed by atoms with Crippen molar-refractivity contribution in [2.24, 2.45) is 5.92 Å². The van der Waals surface area contributed by atoms with Crippen LogP contribution in [0, 0.1) is 5.92 Å². The van der Waals surface area contributed by atoms with E-state index in [1.807, 2.05) is 18.2 Å². The maximum atomic E-state index is 11.8. The molecule has 0 radical (unpaired) electrons. The van der Waals surface area contributed by atoms with Gasteiger partial charge in [-0.15, -0.1) is 0 Å². The van der Waals surface area contributed by atoms with Gasteiger partial charge in [-0.25, -0.2) is 0 Å². The predicted molar refractivity (Wildman–Crippen MR) is 74.5 cm³/mol. The fourth-order valence-corrected chi connectivity index (χ4v) is 2.04. The summed E-state index contributed by atoms with van der Waals surface area (Å²) < 4.78 is 0. The summed E-state index contributed by atoms with van der Waals surface area (Å²) in [5.74, 6) is 0.419. The number of nitrogens with one attached hydrogen (secondary N) is 2. The van der Waals surface area contributed by atoms with Crippen molar-refractivity contribution in [2.45, 2.75) is 39.2 Å². The largest absolute Gasteiger partial charge is 0.326 e. The van der Waals surface area contributed by atoms with Crippen LogP contribution in [-0.2, 0) is 4.79 Å². The standard InChI is InChI=1S/C15H22N2O/c1-3-10-16-11(2)13-6-4-5-7-14(13)17-15(18)12-8-9-12/h4-7,11-12,16H,3,8-10H2,1-2H3,(H,17,18). The second kappa shape index (κ2) is 6.01. The summed E-state index contributed by atoms with van der Waals surface area (Å²) in [4.78, 5) is 11.8. The number of carbonyl (C=O) groups excluding carboxylic acids is 1. The van der Waals surface area contributed by atoms with Crippen molar-refractivity contribution in [2.75, 3.05) is 11.9 Å². The Morgan fingerprint density at radius 3 is 2.78 bits per heavy atom. The van der Waals surface area contributed by atoms with Gasteiger partial charge in [0.2, 0.25) is 5.91 Å². The zero-order chi connectivity index (χ0) is 13.0. The lowest BCUT2D eigenvalue weighted by molar-refractivity contribution is -0.117. The lowest BCUT2D eigenvalue weighted by Gasteiger charge is -2.18. The SMILES string of the molecule is CCCNC(C)c1ccccc1NC(=O)C1CC1. The molecule has 1 aliphatic carbocycles. The Hall–Kier alpha value is -1.35. The Bertz CT molecular complexity index is 413. The maximum absolute atomic E-state index is 11.8. The smallest absolute Gasteiger partial charge is 0.227 e. The summed E-state index contributed by atoms with van der Waals surface area (Å²) in [5, 5.41) is 6.51. The van der Waals surface area contributed by atoms with Gasteiger partial charge >= 0.3 is 0 Å². The van der Waals surface area contributed by atoms with Crippen LogP contribution in [0.15, 0.2) is 24.3 Å². The Balaban J connectivity index is 2.06. The van der Waals surface area contributed by atoms with Crippen LogP contribution in [0.4, 0.5) is 5.69 Å². The van der Waals surface area contributed by atoms with Gasteiger partial charge in [0.05, 0.1) is 0 Å². The normalized spacial score (nSPS) is 16.3. The lowest BCUT2D eigenvalue weighted by atomic mass is 10.1. The monoisotopic (exact) mass is 246 g/mol. The van der Waals surface area contributed by atoms with E-state index in [1.54, 1.807) is 0 Å². The van der Waals surface area contributed by atoms with Crippen molar-refractivity contribution in [1.29, 1.82) is 0 Å². The first-order valence-corrected chi connectivity index (χ1v) is 6.85. The van der Waals surface area contributed by atoms with E-state index in [1.165, 1.54) is 5.56 Å². The van der Waals surface area contributed by atoms with Crippen molar-refractivity contribution in [3.8, 4) is 0 Å². The second-order valence-electron chi connectivity index (χ2n) is 5.03. The Morgan fingerprint density at radius 1 is 1.39 bits per heavy atom. The van der Waals surface area contributed by atoms with Crippen molar-refractivity contribution in [3.05, 3.63) is 29.8 Å². The van der Waals surface area contributed by atoms with Crippen LogP contribution < -0.4 is 10.6 Å². The Morgan fingerprint density at radius 2 is 2.11 bits per heavy atom. The molecule has 18 heavy (non-hydrogen) atoms. The van der Waals surface area contributed by atoms with Gasteiger partial charge in [-0.2, -0.15) is 0 Å². The van der Waals surface area contributed by atoms with Gasteiger partial charge in [0.25, 0.3) is 0 Å². The summed E-state index contributed by atoms with van der Waals surface area (Å²) in [6.45, 7) is 5.28. The number of para-hydroxylation sites is 1. The van der Waals surface area contributed by atoms with Crippen molar-refractivity contribution in [3.63, 3.8) is 0 Å². The number of hydrogen-bond acceptors (Lipinski definition) is 2. The summed E-state index contributed by atoms with van der Waals surface area (Å²) >= 11 is 0. The first-order valence-electron chi connectivity index (χ1n) is 6.85. The van der Waals surface area contributed by atoms with Gasteiger partial charge in [0, 0.05) is 17.6 Å². The molecule has 3 nitrogen and oxygen atoms in total. The minimum absolute atomic E-state index is 0.171. The number of carbonyl (C=O) groups is 1. The predicted octanol–water partition coefficient (Wildman–Crippen LogP) is 3.10. The summed E-state index contributed by atoms with van der Waals surface area (Å²) in [6, 6.07) is 8.32. The number of rotatable bonds is 6. The molecule has 1 unspecified atom stereocenters. The van der Waals surface area contributed by atoms with Crippen LogP contribution >= 0.6 is 0 Å². The van der Waals surface area contributed by atoms with Crippen LogP contribution in [0.2, 0.25) is 0 Å². The molecule has 1 amide bonds. The van der Waals surface area contributed by atoms with E-state index in [0.29, 0.717) is 0 Å². The van der Waals surface area contributed by atoms with Gasteiger partial charge in [-0.1, -0.05) is 25.1 Å². The van der Waals surface area contributed by atoms with Crippen molar-refractivity contribution < 1.29 is 4.79 Å². The van der Waals surface area contributed by atoms with E-state index < -0.39 is 0 Å². The molecule has 2 rings (SSSR count). The number of anilines is 1. The van der Waals surface area contributed by atoms with Gasteiger partial charge in [-0.05, 0) is 44.4 Å². The third kappa shape index (κ3) is 3.33. The Kier molecular flexibility index (Phi) is 4.37. The number of benzene rings is 1. The minimum atomic E-state index is 0.171. The van der Waals surface area contributed by atoms with Crippen LogP contribution in [0.5, 0.6) is 0 Å². The van der Waals surface area contributed by atoms with Crippen LogP contribution in [0.1, 0.15) is 44.7 Å². The van der Waals surface area contributed by atoms with E-state index in [-0.39, 0.29) is 17.9 Å². The van der Waals surface area contributed by atoms with Crippen LogP contribution in [0.3, 0.4) is 0 Å². The van der Waals surface area contributed by atoms with Crippen molar-refractivity contribution >= 4 is 11.6 Å². The molecule has 0 saturated heterocycles. The fraction of sp³-hybridized carbons (Fsp3) is 0.533. The molecule has 0 bridgehead atoms. The number of hydrogen-bond donors (Lipinski definition) is 2. The molecule has 98 valence electrons. The van der Waals surface area contributed by atoms with E-state index in [0.717, 1.165) is 31.5 Å². The highest BCUT2D eigenvalue weighted by Crippen LogP contribution is 2.31. The highest BCUT2D eigenvalue weighted by Gasteiger charge is 2.30. The summed E-state index contributed by atoms with van der Waals surface area (Å²) in [6.07, 6.45) is 3.19. The molecule has 1 fully saturated rings. The van der Waals surface area contributed by atoms with Gasteiger partial charge < -0.3 is 10.6 Å². The molecular weight excluding hydrogens is 224 g/mol. The van der Waals surface area contributed by atoms with E-state index in [2.05, 4.69) is 30.5 Å². The molecule has 1 saturated carbocycles. The molecule has 3 heteroatoms. The molecule has 0 aliphatic heterocycles. The van der Waals surface area contributed by atoms with Gasteiger partial charge in [-0.3, -0.25) is 4.79 Å². The van der Waals surface area contributed by atoms with Crippen LogP contribution in [-0.4, -0.2) is 12.5 Å². The highest BCUT2D eigenvalue weighted by atomic mass is 16.2. The molecule has 1 aromatic rings. The van der Waals surface area contributed by atoms with E-state index >= 15 is 0 Å². The lowest BCUT2D eigenvalue weighted by Crippen LogP contribution is -2.22. The average Bonchev–Trinajstić information content (AvgIpc) is 3.20. The first kappa shape index (κ1) is 13.1. The first-order chi connectivity index (χ1) is 8.72. The zero-order valence-corrected chi connectivity index (χ0v) is 11.2. The number of amides is 1. The second-order valence-corrected chi connectivity index (χ2v) is 5.03. The molecule has 0 heterocycles. The molecule has 1 aliphatic rings. The molecule has 1 aromatic carbocycles. The quantitative estimate of drug-likeness (QED) is 0.810. The molecular formula is C15H22N2O. The summed E-state index contributed by atoms with van der Waals surface area (Å²) in [7, 11) is 0. The third-order valence-electron chi connectivity index (χ3n) is 3.33. The van der Waals surface area contributed by atoms with Crippen LogP contribution in [0.25, 0.3) is 0 Å². The minimum Gasteiger partial charge on any atom is -0.326 e. The average molecular weight is 246 g/mol. The topological polar surface area (TPSA) is 41.1 Å². The third-order valence-corrected chi connectivity index (χ3v) is 3.33. The van der Waals surface area contributed by atoms with Crippen molar-refractivity contribution in [1.82, 2.24) is 5.32 Å². The Labute approximate surface area is 109 Å². The van der Waals surface area contributed by atoms with E-state index in [9.17, 15) is 4.79 Å². The molecule has 1 atom stereocenters.